The summed E-state index contributed by atoms with van der Waals surface area (Å²) < 4.78 is 5.75. The number of morpholine rings is 1. The second-order valence-corrected chi connectivity index (χ2v) is 5.38. The highest BCUT2D eigenvalue weighted by Gasteiger charge is 2.22. The van der Waals surface area contributed by atoms with Crippen molar-refractivity contribution in [2.75, 3.05) is 18.0 Å². The molecule has 1 aliphatic rings. The number of nitrogens with zero attached hydrogens (tertiary/aromatic N) is 2. The zero-order valence-corrected chi connectivity index (χ0v) is 12.2. The minimum absolute atomic E-state index is 0.226. The Morgan fingerprint density at radius 2 is 2.00 bits per heavy atom. The average Bonchev–Trinajstić information content (AvgIpc) is 2.36. The number of aliphatic imine (C=N–C) groups is 1. The van der Waals surface area contributed by atoms with Crippen molar-refractivity contribution in [3.63, 3.8) is 0 Å². The van der Waals surface area contributed by atoms with Gasteiger partial charge in [0.05, 0.1) is 17.9 Å². The standard InChI is InChI=1S/C15H19ClN2O/c1-10-8-18(9-11(2)19-10)13-5-6-15(17-4)14(7-13)12(3)16/h5-7,10-11H,3-4,8-9H2,1-2H3. The van der Waals surface area contributed by atoms with Crippen molar-refractivity contribution >= 4 is 34.7 Å². The van der Waals surface area contributed by atoms with Crippen molar-refractivity contribution < 1.29 is 4.74 Å². The van der Waals surface area contributed by atoms with E-state index in [9.17, 15) is 0 Å². The molecular formula is C15H19ClN2O. The summed E-state index contributed by atoms with van der Waals surface area (Å²) in [5, 5.41) is 0.485. The molecule has 0 spiro atoms. The fourth-order valence-electron chi connectivity index (χ4n) is 2.46. The Bertz CT molecular complexity index is 491. The first-order chi connectivity index (χ1) is 9.01. The lowest BCUT2D eigenvalue weighted by Crippen LogP contribution is -2.45. The van der Waals surface area contributed by atoms with Crippen molar-refractivity contribution in [3.8, 4) is 0 Å². The Morgan fingerprint density at radius 1 is 1.37 bits per heavy atom. The van der Waals surface area contributed by atoms with Gasteiger partial charge in [0, 0.05) is 29.4 Å². The molecule has 2 atom stereocenters. The monoisotopic (exact) mass is 278 g/mol. The highest BCUT2D eigenvalue weighted by molar-refractivity contribution is 6.48. The van der Waals surface area contributed by atoms with Gasteiger partial charge in [-0.25, -0.2) is 0 Å². The Morgan fingerprint density at radius 3 is 2.53 bits per heavy atom. The number of rotatable bonds is 3. The fourth-order valence-corrected chi connectivity index (χ4v) is 2.62. The van der Waals surface area contributed by atoms with Crippen molar-refractivity contribution in [1.82, 2.24) is 0 Å². The maximum atomic E-state index is 6.03. The van der Waals surface area contributed by atoms with E-state index in [4.69, 9.17) is 16.3 Å². The number of anilines is 1. The van der Waals surface area contributed by atoms with Gasteiger partial charge in [-0.1, -0.05) is 18.2 Å². The van der Waals surface area contributed by atoms with Crippen LogP contribution in [0.4, 0.5) is 11.4 Å². The van der Waals surface area contributed by atoms with E-state index in [2.05, 4.69) is 37.0 Å². The molecule has 1 aromatic rings. The van der Waals surface area contributed by atoms with Crippen LogP contribution in [0.5, 0.6) is 0 Å². The third-order valence-electron chi connectivity index (χ3n) is 3.23. The molecule has 4 heteroatoms. The van der Waals surface area contributed by atoms with Gasteiger partial charge in [-0.15, -0.1) is 0 Å². The zero-order chi connectivity index (χ0) is 14.0. The first-order valence-corrected chi connectivity index (χ1v) is 6.75. The third kappa shape index (κ3) is 3.17. The molecule has 1 heterocycles. The summed E-state index contributed by atoms with van der Waals surface area (Å²) in [7, 11) is 0. The molecule has 3 nitrogen and oxygen atoms in total. The van der Waals surface area contributed by atoms with Crippen LogP contribution in [0, 0.1) is 0 Å². The zero-order valence-electron chi connectivity index (χ0n) is 11.4. The molecule has 1 fully saturated rings. The first kappa shape index (κ1) is 14.1. The van der Waals surface area contributed by atoms with E-state index in [1.54, 1.807) is 0 Å². The molecule has 19 heavy (non-hydrogen) atoms. The van der Waals surface area contributed by atoms with Crippen LogP contribution in [0.2, 0.25) is 0 Å². The summed E-state index contributed by atoms with van der Waals surface area (Å²) in [5.74, 6) is 0. The predicted molar refractivity (Wildman–Crippen MR) is 82.8 cm³/mol. The van der Waals surface area contributed by atoms with Crippen molar-refractivity contribution in [2.45, 2.75) is 26.1 Å². The molecule has 0 radical (unpaired) electrons. The van der Waals surface area contributed by atoms with Gasteiger partial charge in [0.25, 0.3) is 0 Å². The van der Waals surface area contributed by atoms with Gasteiger partial charge >= 0.3 is 0 Å². The molecule has 1 saturated heterocycles. The van der Waals surface area contributed by atoms with Gasteiger partial charge in [-0.2, -0.15) is 0 Å². The lowest BCUT2D eigenvalue weighted by molar-refractivity contribution is -0.00521. The summed E-state index contributed by atoms with van der Waals surface area (Å²) in [5.41, 5.74) is 2.71. The van der Waals surface area contributed by atoms with Crippen molar-refractivity contribution in [2.24, 2.45) is 4.99 Å². The summed E-state index contributed by atoms with van der Waals surface area (Å²) >= 11 is 6.03. The van der Waals surface area contributed by atoms with Crippen LogP contribution >= 0.6 is 11.6 Å². The van der Waals surface area contributed by atoms with E-state index in [0.717, 1.165) is 30.0 Å². The quantitative estimate of drug-likeness (QED) is 0.785. The molecule has 0 aromatic heterocycles. The van der Waals surface area contributed by atoms with Gasteiger partial charge < -0.3 is 9.64 Å². The van der Waals surface area contributed by atoms with Gasteiger partial charge in [0.2, 0.25) is 0 Å². The molecule has 0 amide bonds. The van der Waals surface area contributed by atoms with Crippen LogP contribution in [-0.2, 0) is 4.74 Å². The molecule has 2 rings (SSSR count). The third-order valence-corrected chi connectivity index (χ3v) is 3.43. The Balaban J connectivity index is 2.32. The molecule has 1 aromatic carbocycles. The molecule has 0 N–H and O–H groups in total. The summed E-state index contributed by atoms with van der Waals surface area (Å²) in [4.78, 5) is 6.27. The molecule has 1 aliphatic heterocycles. The van der Waals surface area contributed by atoms with Crippen LogP contribution in [0.3, 0.4) is 0 Å². The molecular weight excluding hydrogens is 260 g/mol. The SMILES string of the molecule is C=Nc1ccc(N2CC(C)OC(C)C2)cc1C(=C)Cl. The van der Waals surface area contributed by atoms with E-state index in [-0.39, 0.29) is 12.2 Å². The van der Waals surface area contributed by atoms with E-state index in [0.29, 0.717) is 5.03 Å². The normalized spacial score (nSPS) is 23.2. The molecule has 2 unspecified atom stereocenters. The summed E-state index contributed by atoms with van der Waals surface area (Å²) in [6.45, 7) is 13.3. The smallest absolute Gasteiger partial charge is 0.0726 e. The molecule has 0 aliphatic carbocycles. The average molecular weight is 279 g/mol. The molecule has 0 saturated carbocycles. The summed E-state index contributed by atoms with van der Waals surface area (Å²) in [6.07, 6.45) is 0.451. The van der Waals surface area contributed by atoms with Crippen molar-refractivity contribution in [1.29, 1.82) is 0 Å². The fraction of sp³-hybridized carbons (Fsp3) is 0.400. The second kappa shape index (κ2) is 5.76. The number of halogens is 1. The van der Waals surface area contributed by atoms with Crippen LogP contribution < -0.4 is 4.90 Å². The Hall–Kier alpha value is -1.32. The van der Waals surface area contributed by atoms with Crippen LogP contribution in [-0.4, -0.2) is 32.0 Å². The van der Waals surface area contributed by atoms with E-state index >= 15 is 0 Å². The second-order valence-electron chi connectivity index (χ2n) is 4.93. The maximum absolute atomic E-state index is 6.03. The first-order valence-electron chi connectivity index (χ1n) is 6.37. The van der Waals surface area contributed by atoms with Gasteiger partial charge in [0.15, 0.2) is 0 Å². The molecule has 102 valence electrons. The highest BCUT2D eigenvalue weighted by Crippen LogP contribution is 2.32. The Kier molecular flexibility index (Phi) is 4.27. The minimum atomic E-state index is 0.226. The number of hydrogen-bond acceptors (Lipinski definition) is 3. The predicted octanol–water partition coefficient (Wildman–Crippen LogP) is 3.84. The largest absolute Gasteiger partial charge is 0.372 e. The lowest BCUT2D eigenvalue weighted by Gasteiger charge is -2.37. The van der Waals surface area contributed by atoms with Gasteiger partial charge in [-0.05, 0) is 38.8 Å². The Labute approximate surface area is 119 Å². The van der Waals surface area contributed by atoms with E-state index in [1.165, 1.54) is 0 Å². The van der Waals surface area contributed by atoms with Crippen molar-refractivity contribution in [3.05, 3.63) is 30.3 Å². The summed E-state index contributed by atoms with van der Waals surface area (Å²) in [6, 6.07) is 5.98. The topological polar surface area (TPSA) is 24.8 Å². The van der Waals surface area contributed by atoms with Gasteiger partial charge in [0.1, 0.15) is 0 Å². The number of ether oxygens (including phenoxy) is 1. The van der Waals surface area contributed by atoms with E-state index < -0.39 is 0 Å². The van der Waals surface area contributed by atoms with Crippen LogP contribution in [0.25, 0.3) is 5.03 Å². The highest BCUT2D eigenvalue weighted by atomic mass is 35.5. The van der Waals surface area contributed by atoms with Crippen LogP contribution in [0.15, 0.2) is 29.8 Å². The van der Waals surface area contributed by atoms with Gasteiger partial charge in [-0.3, -0.25) is 4.99 Å². The van der Waals surface area contributed by atoms with E-state index in [1.807, 2.05) is 18.2 Å². The number of hydrogen-bond donors (Lipinski definition) is 0. The lowest BCUT2D eigenvalue weighted by atomic mass is 10.1. The number of benzene rings is 1. The van der Waals surface area contributed by atoms with Crippen LogP contribution in [0.1, 0.15) is 19.4 Å². The maximum Gasteiger partial charge on any atom is 0.0726 e. The minimum Gasteiger partial charge on any atom is -0.372 e. The molecule has 0 bridgehead atoms.